The van der Waals surface area contributed by atoms with Crippen LogP contribution in [0.25, 0.3) is 10.9 Å². The van der Waals surface area contributed by atoms with E-state index in [1.54, 1.807) is 18.2 Å². The molecule has 2 rings (SSSR count). The standard InChI is InChI=1S/C10H6BrNO3/c11-7-3-1-2-5-4-6(10(14)15)9(13)12-8(5)7/h1-4H,(H,12,13)(H,14,15). The number of aromatic carboxylic acids is 1. The molecule has 15 heavy (non-hydrogen) atoms. The van der Waals surface area contributed by atoms with Gasteiger partial charge in [-0.05, 0) is 28.1 Å². The van der Waals surface area contributed by atoms with Crippen molar-refractivity contribution in [3.8, 4) is 0 Å². The molecule has 2 aromatic rings. The van der Waals surface area contributed by atoms with Crippen molar-refractivity contribution >= 4 is 32.8 Å². The first-order valence-corrected chi connectivity index (χ1v) is 4.94. The lowest BCUT2D eigenvalue weighted by Crippen LogP contribution is -2.17. The minimum Gasteiger partial charge on any atom is -0.477 e. The molecule has 1 aromatic heterocycles. The number of carbonyl (C=O) groups is 1. The first-order chi connectivity index (χ1) is 7.09. The number of hydrogen-bond acceptors (Lipinski definition) is 2. The van der Waals surface area contributed by atoms with Crippen molar-refractivity contribution in [1.29, 1.82) is 0 Å². The fourth-order valence-electron chi connectivity index (χ4n) is 1.35. The molecular formula is C10H6BrNO3. The fraction of sp³-hybridized carbons (Fsp3) is 0. The van der Waals surface area contributed by atoms with Crippen LogP contribution in [0.2, 0.25) is 0 Å². The maximum Gasteiger partial charge on any atom is 0.341 e. The molecule has 1 aromatic carbocycles. The average molecular weight is 268 g/mol. The largest absolute Gasteiger partial charge is 0.477 e. The topological polar surface area (TPSA) is 70.2 Å². The van der Waals surface area contributed by atoms with E-state index in [4.69, 9.17) is 5.11 Å². The molecule has 0 saturated heterocycles. The van der Waals surface area contributed by atoms with E-state index in [1.165, 1.54) is 6.07 Å². The van der Waals surface area contributed by atoms with Crippen LogP contribution in [0.5, 0.6) is 0 Å². The number of rotatable bonds is 1. The van der Waals surface area contributed by atoms with Gasteiger partial charge >= 0.3 is 5.97 Å². The summed E-state index contributed by atoms with van der Waals surface area (Å²) in [5, 5.41) is 9.44. The molecule has 1 heterocycles. The highest BCUT2D eigenvalue weighted by Gasteiger charge is 2.10. The van der Waals surface area contributed by atoms with Gasteiger partial charge in [0.05, 0.1) is 5.52 Å². The van der Waals surface area contributed by atoms with Crippen LogP contribution in [0.1, 0.15) is 10.4 Å². The van der Waals surface area contributed by atoms with Crippen LogP contribution in [0.15, 0.2) is 33.5 Å². The zero-order valence-electron chi connectivity index (χ0n) is 7.45. The normalized spacial score (nSPS) is 10.5. The van der Waals surface area contributed by atoms with Gasteiger partial charge in [0.1, 0.15) is 5.56 Å². The predicted octanol–water partition coefficient (Wildman–Crippen LogP) is 1.99. The highest BCUT2D eigenvalue weighted by Crippen LogP contribution is 2.20. The van der Waals surface area contributed by atoms with Crippen LogP contribution in [0.4, 0.5) is 0 Å². The van der Waals surface area contributed by atoms with Crippen LogP contribution >= 0.6 is 15.9 Å². The van der Waals surface area contributed by atoms with E-state index in [0.29, 0.717) is 10.9 Å². The zero-order valence-corrected chi connectivity index (χ0v) is 9.04. The molecule has 0 atom stereocenters. The molecule has 0 aliphatic heterocycles. The number of para-hydroxylation sites is 1. The maximum atomic E-state index is 11.4. The summed E-state index contributed by atoms with van der Waals surface area (Å²) in [6.45, 7) is 0. The van der Waals surface area contributed by atoms with Crippen LogP contribution in [0, 0.1) is 0 Å². The summed E-state index contributed by atoms with van der Waals surface area (Å²) in [6, 6.07) is 6.65. The first-order valence-electron chi connectivity index (χ1n) is 4.14. The van der Waals surface area contributed by atoms with Crippen molar-refractivity contribution in [2.24, 2.45) is 0 Å². The highest BCUT2D eigenvalue weighted by molar-refractivity contribution is 9.10. The van der Waals surface area contributed by atoms with Gasteiger partial charge in [-0.15, -0.1) is 0 Å². The Bertz CT molecular complexity index is 603. The monoisotopic (exact) mass is 267 g/mol. The van der Waals surface area contributed by atoms with Gasteiger partial charge < -0.3 is 10.1 Å². The number of carboxylic acids is 1. The van der Waals surface area contributed by atoms with Crippen molar-refractivity contribution in [3.63, 3.8) is 0 Å². The molecule has 2 N–H and O–H groups in total. The summed E-state index contributed by atoms with van der Waals surface area (Å²) in [5.41, 5.74) is -0.241. The van der Waals surface area contributed by atoms with E-state index in [2.05, 4.69) is 20.9 Å². The Morgan fingerprint density at radius 3 is 2.80 bits per heavy atom. The Hall–Kier alpha value is -1.62. The van der Waals surface area contributed by atoms with E-state index >= 15 is 0 Å². The highest BCUT2D eigenvalue weighted by atomic mass is 79.9. The zero-order chi connectivity index (χ0) is 11.0. The van der Waals surface area contributed by atoms with Crippen LogP contribution < -0.4 is 5.56 Å². The van der Waals surface area contributed by atoms with E-state index < -0.39 is 11.5 Å². The summed E-state index contributed by atoms with van der Waals surface area (Å²) in [4.78, 5) is 24.6. The van der Waals surface area contributed by atoms with Gasteiger partial charge in [0.15, 0.2) is 0 Å². The van der Waals surface area contributed by atoms with E-state index in [0.717, 1.165) is 4.47 Å². The molecule has 0 spiro atoms. The van der Waals surface area contributed by atoms with Crippen molar-refractivity contribution in [2.75, 3.05) is 0 Å². The Balaban J connectivity index is 2.88. The first kappa shape index (κ1) is 9.92. The smallest absolute Gasteiger partial charge is 0.341 e. The van der Waals surface area contributed by atoms with Gasteiger partial charge in [0.25, 0.3) is 5.56 Å². The molecule has 0 unspecified atom stereocenters. The third-order valence-electron chi connectivity index (χ3n) is 2.06. The van der Waals surface area contributed by atoms with Crippen molar-refractivity contribution < 1.29 is 9.90 Å². The maximum absolute atomic E-state index is 11.4. The fourth-order valence-corrected chi connectivity index (χ4v) is 1.83. The molecule has 0 aliphatic rings. The second kappa shape index (κ2) is 3.51. The van der Waals surface area contributed by atoms with Crippen LogP contribution in [-0.2, 0) is 0 Å². The van der Waals surface area contributed by atoms with Gasteiger partial charge in [-0.3, -0.25) is 4.79 Å². The molecule has 0 aliphatic carbocycles. The van der Waals surface area contributed by atoms with Gasteiger partial charge in [0, 0.05) is 9.86 Å². The number of nitrogens with one attached hydrogen (secondary N) is 1. The number of carboxylic acid groups (broad SMARTS) is 1. The number of aromatic nitrogens is 1. The number of pyridine rings is 1. The number of fused-ring (bicyclic) bond motifs is 1. The number of hydrogen-bond donors (Lipinski definition) is 2. The minimum atomic E-state index is -1.22. The van der Waals surface area contributed by atoms with E-state index in [1.807, 2.05) is 0 Å². The number of benzene rings is 1. The summed E-state index contributed by atoms with van der Waals surface area (Å²) in [5.74, 6) is -1.22. The summed E-state index contributed by atoms with van der Waals surface area (Å²) >= 11 is 3.28. The molecule has 4 nitrogen and oxygen atoms in total. The van der Waals surface area contributed by atoms with Crippen LogP contribution in [-0.4, -0.2) is 16.1 Å². The Kier molecular flexibility index (Phi) is 2.32. The molecule has 0 bridgehead atoms. The van der Waals surface area contributed by atoms with Crippen molar-refractivity contribution in [1.82, 2.24) is 4.98 Å². The third kappa shape index (κ3) is 1.66. The molecular weight excluding hydrogens is 262 g/mol. The van der Waals surface area contributed by atoms with Gasteiger partial charge in [-0.1, -0.05) is 12.1 Å². The van der Waals surface area contributed by atoms with Crippen LogP contribution in [0.3, 0.4) is 0 Å². The number of aromatic amines is 1. The van der Waals surface area contributed by atoms with E-state index in [9.17, 15) is 9.59 Å². The van der Waals surface area contributed by atoms with Gasteiger partial charge in [-0.25, -0.2) is 4.79 Å². The molecule has 0 saturated carbocycles. The van der Waals surface area contributed by atoms with E-state index in [-0.39, 0.29) is 5.56 Å². The average Bonchev–Trinajstić information content (AvgIpc) is 2.18. The van der Waals surface area contributed by atoms with Gasteiger partial charge in [-0.2, -0.15) is 0 Å². The molecule has 76 valence electrons. The third-order valence-corrected chi connectivity index (χ3v) is 2.72. The predicted molar refractivity (Wildman–Crippen MR) is 59.2 cm³/mol. The molecule has 0 fully saturated rings. The summed E-state index contributed by atoms with van der Waals surface area (Å²) in [7, 11) is 0. The lowest BCUT2D eigenvalue weighted by atomic mass is 10.1. The lowest BCUT2D eigenvalue weighted by molar-refractivity contribution is 0.0695. The summed E-state index contributed by atoms with van der Waals surface area (Å²) < 4.78 is 0.731. The molecule has 0 radical (unpaired) electrons. The Morgan fingerprint density at radius 1 is 1.40 bits per heavy atom. The molecule has 5 heteroatoms. The number of halogens is 1. The quantitative estimate of drug-likeness (QED) is 0.830. The van der Waals surface area contributed by atoms with Gasteiger partial charge in [0.2, 0.25) is 0 Å². The summed E-state index contributed by atoms with van der Waals surface area (Å²) in [6.07, 6.45) is 0. The second-order valence-corrected chi connectivity index (χ2v) is 3.88. The van der Waals surface area contributed by atoms with Crippen molar-refractivity contribution in [2.45, 2.75) is 0 Å². The Labute approximate surface area is 92.7 Å². The minimum absolute atomic E-state index is 0.249. The molecule has 0 amide bonds. The Morgan fingerprint density at radius 2 is 2.13 bits per heavy atom. The number of H-pyrrole nitrogens is 1. The lowest BCUT2D eigenvalue weighted by Gasteiger charge is -2.01. The van der Waals surface area contributed by atoms with Crippen molar-refractivity contribution in [3.05, 3.63) is 44.7 Å². The SMILES string of the molecule is O=C(O)c1cc2cccc(Br)c2[nH]c1=O. The second-order valence-electron chi connectivity index (χ2n) is 3.02.